The van der Waals surface area contributed by atoms with E-state index in [1.807, 2.05) is 4.90 Å². The van der Waals surface area contributed by atoms with Crippen LogP contribution in [0.25, 0.3) is 0 Å². The van der Waals surface area contributed by atoms with Crippen LogP contribution in [0.5, 0.6) is 0 Å². The third-order valence-electron chi connectivity index (χ3n) is 3.35. The van der Waals surface area contributed by atoms with Gasteiger partial charge in [0.15, 0.2) is 0 Å². The summed E-state index contributed by atoms with van der Waals surface area (Å²) >= 11 is 0. The number of amidine groups is 1. The predicted octanol–water partition coefficient (Wildman–Crippen LogP) is 0.557. The number of hydrogen-bond acceptors (Lipinski definition) is 3. The first-order valence-corrected chi connectivity index (χ1v) is 5.93. The predicted molar refractivity (Wildman–Crippen MR) is 63.4 cm³/mol. The fourth-order valence-electron chi connectivity index (χ4n) is 2.55. The molecule has 3 N–H and O–H groups in total. The zero-order valence-electron chi connectivity index (χ0n) is 9.99. The topological polar surface area (TPSA) is 70.7 Å². The van der Waals surface area contributed by atoms with Crippen molar-refractivity contribution in [3.63, 3.8) is 0 Å². The molecule has 0 radical (unpaired) electrons. The van der Waals surface area contributed by atoms with Crippen LogP contribution in [0.2, 0.25) is 0 Å². The molecule has 2 aliphatic heterocycles. The summed E-state index contributed by atoms with van der Waals surface area (Å²) in [6, 6.07) is -0.171. The second-order valence-corrected chi connectivity index (χ2v) is 5.10. The van der Waals surface area contributed by atoms with E-state index in [4.69, 9.17) is 5.73 Å². The number of nitrogens with one attached hydrogen (secondary N) is 1. The third kappa shape index (κ3) is 1.69. The van der Waals surface area contributed by atoms with Crippen molar-refractivity contribution in [1.29, 1.82) is 0 Å². The first kappa shape index (κ1) is 11.4. The highest BCUT2D eigenvalue weighted by atomic mass is 16.2. The zero-order chi connectivity index (χ0) is 11.8. The monoisotopic (exact) mass is 224 g/mol. The molecule has 5 heteroatoms. The van der Waals surface area contributed by atoms with E-state index in [1.54, 1.807) is 0 Å². The van der Waals surface area contributed by atoms with Gasteiger partial charge in [-0.25, -0.2) is 4.79 Å². The lowest BCUT2D eigenvalue weighted by atomic mass is 9.87. The van der Waals surface area contributed by atoms with Crippen molar-refractivity contribution < 1.29 is 4.79 Å². The smallest absolute Gasteiger partial charge is 0.346 e. The van der Waals surface area contributed by atoms with Crippen molar-refractivity contribution in [3.05, 3.63) is 0 Å². The van der Waals surface area contributed by atoms with Crippen LogP contribution in [0.15, 0.2) is 4.99 Å². The van der Waals surface area contributed by atoms with Crippen LogP contribution in [-0.2, 0) is 0 Å². The Labute approximate surface area is 96.1 Å². The number of rotatable bonds is 2. The van der Waals surface area contributed by atoms with Crippen LogP contribution < -0.4 is 11.1 Å². The molecule has 0 aromatic carbocycles. The van der Waals surface area contributed by atoms with Gasteiger partial charge in [-0.3, -0.25) is 0 Å². The first-order chi connectivity index (χ1) is 7.56. The number of carbonyl (C=O) groups excluding carboxylic acids is 1. The minimum Gasteiger partial charge on any atom is -0.385 e. The van der Waals surface area contributed by atoms with Gasteiger partial charge < -0.3 is 16.0 Å². The van der Waals surface area contributed by atoms with E-state index in [2.05, 4.69) is 24.2 Å². The van der Waals surface area contributed by atoms with Crippen LogP contribution in [0.3, 0.4) is 0 Å². The molecule has 2 aliphatic rings. The Bertz CT molecular complexity index is 318. The molecule has 2 rings (SSSR count). The molecule has 0 saturated carbocycles. The maximum absolute atomic E-state index is 11.8. The molecule has 1 saturated heterocycles. The quantitative estimate of drug-likeness (QED) is 0.720. The van der Waals surface area contributed by atoms with Crippen LogP contribution in [0.1, 0.15) is 26.7 Å². The summed E-state index contributed by atoms with van der Waals surface area (Å²) in [6.45, 7) is 6.67. The van der Waals surface area contributed by atoms with Crippen molar-refractivity contribution in [2.45, 2.75) is 32.2 Å². The summed E-state index contributed by atoms with van der Waals surface area (Å²) in [6.07, 6.45) is 1.96. The average Bonchev–Trinajstić information content (AvgIpc) is 2.44. The molecule has 1 atom stereocenters. The second kappa shape index (κ2) is 4.05. The SMILES string of the molecule is CC(C)CN1C(=O)N=C(N)C12CCCNC2. The number of carbonyl (C=O) groups is 1. The van der Waals surface area contributed by atoms with Gasteiger partial charge >= 0.3 is 6.03 Å². The lowest BCUT2D eigenvalue weighted by Crippen LogP contribution is -2.62. The lowest BCUT2D eigenvalue weighted by Gasteiger charge is -2.41. The Morgan fingerprint density at radius 2 is 2.38 bits per heavy atom. The summed E-state index contributed by atoms with van der Waals surface area (Å²) < 4.78 is 0. The fraction of sp³-hybridized carbons (Fsp3) is 0.818. The van der Waals surface area contributed by atoms with Gasteiger partial charge in [0.2, 0.25) is 0 Å². The first-order valence-electron chi connectivity index (χ1n) is 5.93. The molecule has 16 heavy (non-hydrogen) atoms. The van der Waals surface area contributed by atoms with Crippen molar-refractivity contribution >= 4 is 11.9 Å². The Morgan fingerprint density at radius 3 is 2.94 bits per heavy atom. The summed E-state index contributed by atoms with van der Waals surface area (Å²) in [5.41, 5.74) is 5.60. The highest BCUT2D eigenvalue weighted by Crippen LogP contribution is 2.30. The molecule has 1 spiro atoms. The van der Waals surface area contributed by atoms with Crippen molar-refractivity contribution in [2.75, 3.05) is 19.6 Å². The molecule has 2 heterocycles. The maximum atomic E-state index is 11.8. The fourth-order valence-corrected chi connectivity index (χ4v) is 2.55. The van der Waals surface area contributed by atoms with Crippen molar-refractivity contribution in [1.82, 2.24) is 10.2 Å². The van der Waals surface area contributed by atoms with Crippen LogP contribution in [0.4, 0.5) is 4.79 Å². The van der Waals surface area contributed by atoms with E-state index in [-0.39, 0.29) is 11.6 Å². The Kier molecular flexibility index (Phi) is 2.88. The lowest BCUT2D eigenvalue weighted by molar-refractivity contribution is 0.140. The summed E-state index contributed by atoms with van der Waals surface area (Å²) in [5, 5.41) is 3.32. The molecule has 1 fully saturated rings. The molecule has 90 valence electrons. The number of hydrogen-bond donors (Lipinski definition) is 2. The summed E-state index contributed by atoms with van der Waals surface area (Å²) in [7, 11) is 0. The van der Waals surface area contributed by atoms with Crippen molar-refractivity contribution in [2.24, 2.45) is 16.6 Å². The largest absolute Gasteiger partial charge is 0.385 e. The molecular weight excluding hydrogens is 204 g/mol. The van der Waals surface area contributed by atoms with Gasteiger partial charge in [0, 0.05) is 13.1 Å². The molecule has 2 amide bonds. The van der Waals surface area contributed by atoms with Crippen LogP contribution in [0, 0.1) is 5.92 Å². The van der Waals surface area contributed by atoms with Gasteiger partial charge in [-0.05, 0) is 25.3 Å². The van der Waals surface area contributed by atoms with Gasteiger partial charge in [-0.15, -0.1) is 0 Å². The molecule has 0 aliphatic carbocycles. The van der Waals surface area contributed by atoms with Crippen LogP contribution >= 0.6 is 0 Å². The van der Waals surface area contributed by atoms with E-state index in [1.165, 1.54) is 0 Å². The average molecular weight is 224 g/mol. The standard InChI is InChI=1S/C11H20N4O/c1-8(2)6-15-10(16)14-9(12)11(15)4-3-5-13-7-11/h8,13H,3-7H2,1-2H3,(H2,12,14,16). The molecule has 0 bridgehead atoms. The van der Waals surface area contributed by atoms with Crippen LogP contribution in [-0.4, -0.2) is 41.9 Å². The molecule has 0 aromatic heterocycles. The Balaban J connectivity index is 2.24. The molecular formula is C11H20N4O. The Hall–Kier alpha value is -1.10. The van der Waals surface area contributed by atoms with E-state index in [0.717, 1.165) is 32.5 Å². The number of urea groups is 1. The highest BCUT2D eigenvalue weighted by Gasteiger charge is 2.48. The van der Waals surface area contributed by atoms with Gasteiger partial charge in [0.25, 0.3) is 0 Å². The highest BCUT2D eigenvalue weighted by molar-refractivity contribution is 6.06. The van der Waals surface area contributed by atoms with Gasteiger partial charge in [0.05, 0.1) is 0 Å². The van der Waals surface area contributed by atoms with Crippen molar-refractivity contribution in [3.8, 4) is 0 Å². The second-order valence-electron chi connectivity index (χ2n) is 5.10. The number of nitrogens with zero attached hydrogens (tertiary/aromatic N) is 2. The van der Waals surface area contributed by atoms with E-state index in [9.17, 15) is 4.79 Å². The molecule has 5 nitrogen and oxygen atoms in total. The van der Waals surface area contributed by atoms with Gasteiger partial charge in [-0.2, -0.15) is 4.99 Å². The summed E-state index contributed by atoms with van der Waals surface area (Å²) in [4.78, 5) is 17.6. The van der Waals surface area contributed by atoms with E-state index < -0.39 is 0 Å². The minimum atomic E-state index is -0.348. The Morgan fingerprint density at radius 1 is 1.62 bits per heavy atom. The van der Waals surface area contributed by atoms with Gasteiger partial charge in [0.1, 0.15) is 11.4 Å². The van der Waals surface area contributed by atoms with E-state index in [0.29, 0.717) is 11.8 Å². The minimum absolute atomic E-state index is 0.171. The molecule has 0 aromatic rings. The summed E-state index contributed by atoms with van der Waals surface area (Å²) in [5.74, 6) is 0.925. The number of nitrogens with two attached hydrogens (primary N) is 1. The van der Waals surface area contributed by atoms with Gasteiger partial charge in [-0.1, -0.05) is 13.8 Å². The maximum Gasteiger partial charge on any atom is 0.346 e. The van der Waals surface area contributed by atoms with E-state index >= 15 is 0 Å². The number of amides is 2. The number of piperidine rings is 1. The number of aliphatic imine (C=N–C) groups is 1. The molecule has 1 unspecified atom stereocenters. The normalized spacial score (nSPS) is 30.3. The zero-order valence-corrected chi connectivity index (χ0v) is 9.99. The third-order valence-corrected chi connectivity index (χ3v) is 3.35.